The predicted octanol–water partition coefficient (Wildman–Crippen LogP) is 2.56. The molecule has 1 saturated heterocycles. The van der Waals surface area contributed by atoms with E-state index in [0.29, 0.717) is 18.3 Å². The normalized spacial score (nSPS) is 20.4. The maximum atomic E-state index is 11.8. The molecular weight excluding hydrogens is 224 g/mol. The van der Waals surface area contributed by atoms with Gasteiger partial charge in [-0.15, -0.1) is 0 Å². The van der Waals surface area contributed by atoms with Crippen LogP contribution >= 0.6 is 0 Å². The molecule has 1 unspecified atom stereocenters. The molecule has 0 spiro atoms. The van der Waals surface area contributed by atoms with Crippen LogP contribution in [0.4, 0.5) is 0 Å². The Hall–Kier alpha value is -0.570. The first-order valence-corrected chi connectivity index (χ1v) is 7.36. The molecule has 1 amide bonds. The van der Waals surface area contributed by atoms with Gasteiger partial charge in [-0.3, -0.25) is 4.79 Å². The van der Waals surface area contributed by atoms with Crippen molar-refractivity contribution in [2.45, 2.75) is 53.4 Å². The van der Waals surface area contributed by atoms with Gasteiger partial charge in [-0.1, -0.05) is 27.7 Å². The van der Waals surface area contributed by atoms with E-state index in [1.54, 1.807) is 0 Å². The van der Waals surface area contributed by atoms with E-state index in [1.807, 2.05) is 0 Å². The van der Waals surface area contributed by atoms with Gasteiger partial charge in [0.1, 0.15) is 0 Å². The SMILES string of the molecule is CC(C)CC(C)(C)CNC(=O)CCC1CCNC1. The van der Waals surface area contributed by atoms with Gasteiger partial charge in [-0.05, 0) is 49.6 Å². The lowest BCUT2D eigenvalue weighted by Crippen LogP contribution is -2.34. The van der Waals surface area contributed by atoms with Crippen LogP contribution in [0.5, 0.6) is 0 Å². The fourth-order valence-electron chi connectivity index (χ4n) is 2.90. The number of amides is 1. The molecule has 1 atom stereocenters. The maximum Gasteiger partial charge on any atom is 0.220 e. The molecular formula is C15H30N2O. The van der Waals surface area contributed by atoms with E-state index in [4.69, 9.17) is 0 Å². The Balaban J connectivity index is 2.15. The minimum Gasteiger partial charge on any atom is -0.356 e. The van der Waals surface area contributed by atoms with Crippen LogP contribution in [-0.2, 0) is 4.79 Å². The van der Waals surface area contributed by atoms with Crippen LogP contribution in [0.2, 0.25) is 0 Å². The van der Waals surface area contributed by atoms with Crippen molar-refractivity contribution in [3.8, 4) is 0 Å². The molecule has 0 aliphatic carbocycles. The quantitative estimate of drug-likeness (QED) is 0.733. The van der Waals surface area contributed by atoms with Crippen molar-refractivity contribution in [1.82, 2.24) is 10.6 Å². The van der Waals surface area contributed by atoms with Crippen molar-refractivity contribution >= 4 is 5.91 Å². The van der Waals surface area contributed by atoms with Gasteiger partial charge in [-0.25, -0.2) is 0 Å². The first kappa shape index (κ1) is 15.5. The molecule has 1 fully saturated rings. The fraction of sp³-hybridized carbons (Fsp3) is 0.933. The van der Waals surface area contributed by atoms with Gasteiger partial charge in [0.05, 0.1) is 0 Å². The Kier molecular flexibility index (Phi) is 6.13. The maximum absolute atomic E-state index is 11.8. The molecule has 3 nitrogen and oxygen atoms in total. The second-order valence-electron chi connectivity index (χ2n) is 6.94. The smallest absolute Gasteiger partial charge is 0.220 e. The van der Waals surface area contributed by atoms with Gasteiger partial charge in [0, 0.05) is 13.0 Å². The van der Waals surface area contributed by atoms with E-state index in [0.717, 1.165) is 32.5 Å². The van der Waals surface area contributed by atoms with Gasteiger partial charge in [0.15, 0.2) is 0 Å². The zero-order valence-corrected chi connectivity index (χ0v) is 12.5. The Bertz CT molecular complexity index is 255. The Morgan fingerprint density at radius 3 is 2.72 bits per heavy atom. The molecule has 1 rings (SSSR count). The van der Waals surface area contributed by atoms with Crippen LogP contribution in [0.15, 0.2) is 0 Å². The summed E-state index contributed by atoms with van der Waals surface area (Å²) >= 11 is 0. The van der Waals surface area contributed by atoms with Crippen molar-refractivity contribution in [3.63, 3.8) is 0 Å². The monoisotopic (exact) mass is 254 g/mol. The molecule has 0 aromatic heterocycles. The molecule has 0 aromatic rings. The number of rotatable bonds is 7. The van der Waals surface area contributed by atoms with Crippen molar-refractivity contribution in [3.05, 3.63) is 0 Å². The summed E-state index contributed by atoms with van der Waals surface area (Å²) in [6.45, 7) is 11.9. The van der Waals surface area contributed by atoms with Gasteiger partial charge < -0.3 is 10.6 Å². The van der Waals surface area contributed by atoms with Crippen LogP contribution in [0.3, 0.4) is 0 Å². The highest BCUT2D eigenvalue weighted by Gasteiger charge is 2.21. The molecule has 0 saturated carbocycles. The highest BCUT2D eigenvalue weighted by molar-refractivity contribution is 5.75. The van der Waals surface area contributed by atoms with Crippen LogP contribution in [0.1, 0.15) is 53.4 Å². The van der Waals surface area contributed by atoms with Crippen LogP contribution in [0, 0.1) is 17.3 Å². The Labute approximate surface area is 112 Å². The highest BCUT2D eigenvalue weighted by atomic mass is 16.1. The first-order chi connectivity index (χ1) is 8.39. The summed E-state index contributed by atoms with van der Waals surface area (Å²) in [6, 6.07) is 0. The molecule has 1 aliphatic heterocycles. The number of carbonyl (C=O) groups excluding carboxylic acids is 1. The van der Waals surface area contributed by atoms with E-state index in [2.05, 4.69) is 38.3 Å². The molecule has 0 radical (unpaired) electrons. The summed E-state index contributed by atoms with van der Waals surface area (Å²) in [5, 5.41) is 6.44. The standard InChI is InChI=1S/C15H30N2O/c1-12(2)9-15(3,4)11-17-14(18)6-5-13-7-8-16-10-13/h12-13,16H,5-11H2,1-4H3,(H,17,18). The average molecular weight is 254 g/mol. The largest absolute Gasteiger partial charge is 0.356 e. The lowest BCUT2D eigenvalue weighted by Gasteiger charge is -2.27. The topological polar surface area (TPSA) is 41.1 Å². The molecule has 1 heterocycles. The summed E-state index contributed by atoms with van der Waals surface area (Å²) in [5.41, 5.74) is 0.207. The molecule has 18 heavy (non-hydrogen) atoms. The number of carbonyl (C=O) groups is 1. The molecule has 106 valence electrons. The van der Waals surface area contributed by atoms with Crippen LogP contribution < -0.4 is 10.6 Å². The van der Waals surface area contributed by atoms with Gasteiger partial charge >= 0.3 is 0 Å². The third-order valence-electron chi connectivity index (χ3n) is 3.67. The van der Waals surface area contributed by atoms with Crippen molar-refractivity contribution in [2.75, 3.05) is 19.6 Å². The summed E-state index contributed by atoms with van der Waals surface area (Å²) in [5.74, 6) is 1.61. The summed E-state index contributed by atoms with van der Waals surface area (Å²) in [4.78, 5) is 11.8. The number of hydrogen-bond donors (Lipinski definition) is 2. The van der Waals surface area contributed by atoms with Crippen molar-refractivity contribution < 1.29 is 4.79 Å². The number of hydrogen-bond acceptors (Lipinski definition) is 2. The highest BCUT2D eigenvalue weighted by Crippen LogP contribution is 2.24. The lowest BCUT2D eigenvalue weighted by atomic mass is 9.84. The average Bonchev–Trinajstić information content (AvgIpc) is 2.74. The van der Waals surface area contributed by atoms with Gasteiger partial charge in [-0.2, -0.15) is 0 Å². The van der Waals surface area contributed by atoms with E-state index < -0.39 is 0 Å². The minimum atomic E-state index is 0.207. The van der Waals surface area contributed by atoms with Gasteiger partial charge in [0.2, 0.25) is 5.91 Å². The summed E-state index contributed by atoms with van der Waals surface area (Å²) < 4.78 is 0. The zero-order chi connectivity index (χ0) is 13.6. The van der Waals surface area contributed by atoms with Crippen molar-refractivity contribution in [2.24, 2.45) is 17.3 Å². The molecule has 1 aliphatic rings. The van der Waals surface area contributed by atoms with Crippen LogP contribution in [-0.4, -0.2) is 25.5 Å². The van der Waals surface area contributed by atoms with Crippen LogP contribution in [0.25, 0.3) is 0 Å². The molecule has 2 N–H and O–H groups in total. The third kappa shape index (κ3) is 6.39. The van der Waals surface area contributed by atoms with E-state index in [1.165, 1.54) is 6.42 Å². The number of nitrogens with one attached hydrogen (secondary N) is 2. The Morgan fingerprint density at radius 2 is 2.17 bits per heavy atom. The third-order valence-corrected chi connectivity index (χ3v) is 3.67. The van der Waals surface area contributed by atoms with E-state index in [-0.39, 0.29) is 11.3 Å². The fourth-order valence-corrected chi connectivity index (χ4v) is 2.90. The van der Waals surface area contributed by atoms with Crippen molar-refractivity contribution in [1.29, 1.82) is 0 Å². The zero-order valence-electron chi connectivity index (χ0n) is 12.5. The second kappa shape index (κ2) is 7.13. The van der Waals surface area contributed by atoms with E-state index in [9.17, 15) is 4.79 Å². The molecule has 0 bridgehead atoms. The van der Waals surface area contributed by atoms with E-state index >= 15 is 0 Å². The first-order valence-electron chi connectivity index (χ1n) is 7.36. The summed E-state index contributed by atoms with van der Waals surface area (Å²) in [7, 11) is 0. The molecule has 3 heteroatoms. The second-order valence-corrected chi connectivity index (χ2v) is 6.94. The molecule has 0 aromatic carbocycles. The Morgan fingerprint density at radius 1 is 1.44 bits per heavy atom. The lowest BCUT2D eigenvalue weighted by molar-refractivity contribution is -0.121. The minimum absolute atomic E-state index is 0.207. The summed E-state index contributed by atoms with van der Waals surface area (Å²) in [6.07, 6.45) is 4.10. The van der Waals surface area contributed by atoms with Gasteiger partial charge in [0.25, 0.3) is 0 Å². The predicted molar refractivity (Wildman–Crippen MR) is 76.5 cm³/mol.